The quantitative estimate of drug-likeness (QED) is 0.614. The highest BCUT2D eigenvalue weighted by atomic mass is 16.5. The van der Waals surface area contributed by atoms with Crippen LogP contribution in [0.15, 0.2) is 60.8 Å². The first-order chi connectivity index (χ1) is 14.7. The lowest BCUT2D eigenvalue weighted by atomic mass is 10.1. The summed E-state index contributed by atoms with van der Waals surface area (Å²) in [6.45, 7) is 7.18. The first kappa shape index (κ1) is 20.3. The summed E-state index contributed by atoms with van der Waals surface area (Å²) in [5.74, 6) is -0.0873. The molecule has 6 heteroatoms. The summed E-state index contributed by atoms with van der Waals surface area (Å²) in [7, 11) is 0. The lowest BCUT2D eigenvalue weighted by Gasteiger charge is -2.26. The lowest BCUT2D eigenvalue weighted by Crippen LogP contribution is -2.38. The zero-order valence-corrected chi connectivity index (χ0v) is 17.4. The van der Waals surface area contributed by atoms with E-state index in [1.165, 1.54) is 0 Å². The third-order valence-corrected chi connectivity index (χ3v) is 5.31. The molecule has 1 aromatic heterocycles. The van der Waals surface area contributed by atoms with Crippen molar-refractivity contribution in [3.8, 4) is 16.9 Å². The molecule has 0 spiro atoms. The van der Waals surface area contributed by atoms with Gasteiger partial charge < -0.3 is 10.1 Å². The molecule has 4 rings (SSSR count). The Hall–Kier alpha value is -2.96. The van der Waals surface area contributed by atoms with Gasteiger partial charge >= 0.3 is 0 Å². The molecule has 1 fully saturated rings. The molecule has 0 radical (unpaired) electrons. The standard InChI is InChI=1S/C24H28N4O2/c1-19-7-5-8-20(17-19)23-22(18-28(26-23)21-9-3-2-4-10-21)24(29)25-11-6-12-27-13-15-30-16-14-27/h2-5,7-10,17-18H,6,11-16H2,1H3,(H,25,29). The number of aromatic nitrogens is 2. The lowest BCUT2D eigenvalue weighted by molar-refractivity contribution is 0.0374. The van der Waals surface area contributed by atoms with Crippen molar-refractivity contribution >= 4 is 5.91 Å². The maximum atomic E-state index is 13.0. The average molecular weight is 405 g/mol. The number of nitrogens with one attached hydrogen (secondary N) is 1. The SMILES string of the molecule is Cc1cccc(-c2nn(-c3ccccc3)cc2C(=O)NCCCN2CCOCC2)c1. The topological polar surface area (TPSA) is 59.4 Å². The third kappa shape index (κ3) is 4.96. The summed E-state index contributed by atoms with van der Waals surface area (Å²) in [4.78, 5) is 15.4. The van der Waals surface area contributed by atoms with Crippen LogP contribution in [0.2, 0.25) is 0 Å². The van der Waals surface area contributed by atoms with E-state index in [0.717, 1.165) is 56.1 Å². The Morgan fingerprint density at radius 2 is 1.90 bits per heavy atom. The van der Waals surface area contributed by atoms with Crippen LogP contribution in [-0.2, 0) is 4.74 Å². The molecule has 0 bridgehead atoms. The molecule has 0 atom stereocenters. The molecule has 3 aromatic rings. The molecule has 30 heavy (non-hydrogen) atoms. The number of hydrogen-bond donors (Lipinski definition) is 1. The van der Waals surface area contributed by atoms with Gasteiger partial charge in [0.05, 0.1) is 24.5 Å². The largest absolute Gasteiger partial charge is 0.379 e. The van der Waals surface area contributed by atoms with Gasteiger partial charge in [0, 0.05) is 31.4 Å². The van der Waals surface area contributed by atoms with Crippen molar-refractivity contribution in [1.29, 1.82) is 0 Å². The Kier molecular flexibility index (Phi) is 6.57. The van der Waals surface area contributed by atoms with Gasteiger partial charge in [0.25, 0.3) is 5.91 Å². The van der Waals surface area contributed by atoms with Crippen molar-refractivity contribution in [3.63, 3.8) is 0 Å². The van der Waals surface area contributed by atoms with E-state index in [0.29, 0.717) is 17.8 Å². The van der Waals surface area contributed by atoms with Crippen LogP contribution in [0.4, 0.5) is 0 Å². The Labute approximate surface area is 177 Å². The molecular formula is C24H28N4O2. The highest BCUT2D eigenvalue weighted by molar-refractivity contribution is 6.00. The van der Waals surface area contributed by atoms with E-state index in [1.807, 2.05) is 61.7 Å². The number of benzene rings is 2. The molecule has 1 aliphatic rings. The third-order valence-electron chi connectivity index (χ3n) is 5.31. The van der Waals surface area contributed by atoms with Gasteiger partial charge in [0.2, 0.25) is 0 Å². The van der Waals surface area contributed by atoms with Crippen LogP contribution in [0.25, 0.3) is 16.9 Å². The minimum Gasteiger partial charge on any atom is -0.379 e. The van der Waals surface area contributed by atoms with Gasteiger partial charge in [-0.2, -0.15) is 5.10 Å². The van der Waals surface area contributed by atoms with E-state index in [2.05, 4.69) is 16.3 Å². The average Bonchev–Trinajstić information content (AvgIpc) is 3.24. The maximum absolute atomic E-state index is 13.0. The molecule has 1 aliphatic heterocycles. The summed E-state index contributed by atoms with van der Waals surface area (Å²) in [5.41, 5.74) is 4.31. The van der Waals surface area contributed by atoms with Crippen molar-refractivity contribution in [2.45, 2.75) is 13.3 Å². The van der Waals surface area contributed by atoms with Crippen LogP contribution in [0.1, 0.15) is 22.3 Å². The number of aryl methyl sites for hydroxylation is 1. The van der Waals surface area contributed by atoms with E-state index in [9.17, 15) is 4.79 Å². The summed E-state index contributed by atoms with van der Waals surface area (Å²) >= 11 is 0. The molecule has 2 aromatic carbocycles. The number of para-hydroxylation sites is 1. The van der Waals surface area contributed by atoms with Crippen molar-refractivity contribution in [1.82, 2.24) is 20.0 Å². The fourth-order valence-electron chi connectivity index (χ4n) is 3.68. The van der Waals surface area contributed by atoms with E-state index in [-0.39, 0.29) is 5.91 Å². The number of rotatable bonds is 7. The van der Waals surface area contributed by atoms with E-state index < -0.39 is 0 Å². The predicted molar refractivity (Wildman–Crippen MR) is 118 cm³/mol. The molecule has 6 nitrogen and oxygen atoms in total. The van der Waals surface area contributed by atoms with Gasteiger partial charge in [-0.05, 0) is 38.1 Å². The van der Waals surface area contributed by atoms with Crippen LogP contribution in [-0.4, -0.2) is 60.0 Å². The summed E-state index contributed by atoms with van der Waals surface area (Å²) < 4.78 is 7.16. The van der Waals surface area contributed by atoms with Crippen LogP contribution in [0.5, 0.6) is 0 Å². The monoisotopic (exact) mass is 404 g/mol. The van der Waals surface area contributed by atoms with Gasteiger partial charge in [-0.3, -0.25) is 9.69 Å². The fourth-order valence-corrected chi connectivity index (χ4v) is 3.68. The highest BCUT2D eigenvalue weighted by Crippen LogP contribution is 2.24. The van der Waals surface area contributed by atoms with E-state index >= 15 is 0 Å². The molecule has 1 saturated heterocycles. The minimum absolute atomic E-state index is 0.0873. The van der Waals surface area contributed by atoms with Crippen LogP contribution in [0, 0.1) is 6.92 Å². The second-order valence-electron chi connectivity index (χ2n) is 7.60. The number of ether oxygens (including phenoxy) is 1. The zero-order chi connectivity index (χ0) is 20.8. The van der Waals surface area contributed by atoms with Crippen molar-refractivity contribution in [3.05, 3.63) is 71.9 Å². The normalized spacial score (nSPS) is 14.6. The molecule has 0 unspecified atom stereocenters. The molecule has 0 saturated carbocycles. The molecular weight excluding hydrogens is 376 g/mol. The second-order valence-corrected chi connectivity index (χ2v) is 7.60. The number of nitrogens with zero attached hydrogens (tertiary/aromatic N) is 3. The summed E-state index contributed by atoms with van der Waals surface area (Å²) in [6.07, 6.45) is 2.74. The Morgan fingerprint density at radius 1 is 1.10 bits per heavy atom. The predicted octanol–water partition coefficient (Wildman–Crippen LogP) is 3.30. The number of carbonyl (C=O) groups is 1. The first-order valence-corrected chi connectivity index (χ1v) is 10.5. The van der Waals surface area contributed by atoms with Crippen molar-refractivity contribution < 1.29 is 9.53 Å². The molecule has 2 heterocycles. The van der Waals surface area contributed by atoms with Gasteiger partial charge in [-0.25, -0.2) is 4.68 Å². The highest BCUT2D eigenvalue weighted by Gasteiger charge is 2.19. The number of hydrogen-bond acceptors (Lipinski definition) is 4. The van der Waals surface area contributed by atoms with Gasteiger partial charge in [-0.15, -0.1) is 0 Å². The Morgan fingerprint density at radius 3 is 2.67 bits per heavy atom. The molecule has 156 valence electrons. The first-order valence-electron chi connectivity index (χ1n) is 10.5. The summed E-state index contributed by atoms with van der Waals surface area (Å²) in [5, 5.41) is 7.83. The Bertz CT molecular complexity index is 978. The van der Waals surface area contributed by atoms with Crippen LogP contribution in [0.3, 0.4) is 0 Å². The van der Waals surface area contributed by atoms with Gasteiger partial charge in [0.15, 0.2) is 0 Å². The Balaban J connectivity index is 1.50. The zero-order valence-electron chi connectivity index (χ0n) is 17.4. The summed E-state index contributed by atoms with van der Waals surface area (Å²) in [6, 6.07) is 18.0. The van der Waals surface area contributed by atoms with E-state index in [1.54, 1.807) is 4.68 Å². The van der Waals surface area contributed by atoms with E-state index in [4.69, 9.17) is 9.84 Å². The number of carbonyl (C=O) groups excluding carboxylic acids is 1. The molecule has 1 amide bonds. The second kappa shape index (κ2) is 9.69. The minimum atomic E-state index is -0.0873. The van der Waals surface area contributed by atoms with Gasteiger partial charge in [0.1, 0.15) is 5.69 Å². The van der Waals surface area contributed by atoms with Crippen molar-refractivity contribution in [2.75, 3.05) is 39.4 Å². The number of morpholine rings is 1. The van der Waals surface area contributed by atoms with Crippen LogP contribution >= 0.6 is 0 Å². The molecule has 1 N–H and O–H groups in total. The smallest absolute Gasteiger partial charge is 0.255 e. The number of amides is 1. The van der Waals surface area contributed by atoms with Gasteiger partial charge in [-0.1, -0.05) is 42.0 Å². The fraction of sp³-hybridized carbons (Fsp3) is 0.333. The molecule has 0 aliphatic carbocycles. The maximum Gasteiger partial charge on any atom is 0.255 e. The van der Waals surface area contributed by atoms with Crippen LogP contribution < -0.4 is 5.32 Å². The van der Waals surface area contributed by atoms with Crippen molar-refractivity contribution in [2.24, 2.45) is 0 Å².